The van der Waals surface area contributed by atoms with Crippen LogP contribution in [-0.4, -0.2) is 20.6 Å². The van der Waals surface area contributed by atoms with E-state index in [2.05, 4.69) is 11.1 Å². The minimum atomic E-state index is -0.908. The summed E-state index contributed by atoms with van der Waals surface area (Å²) in [4.78, 5) is 15.0. The normalized spacial score (nSPS) is 15.4. The van der Waals surface area contributed by atoms with Crippen molar-refractivity contribution in [3.8, 4) is 0 Å². The second-order valence-electron chi connectivity index (χ2n) is 3.84. The first-order valence-electron chi connectivity index (χ1n) is 5.12. The summed E-state index contributed by atoms with van der Waals surface area (Å²) in [5, 5.41) is 8.97. The lowest BCUT2D eigenvalue weighted by Gasteiger charge is -2.08. The lowest BCUT2D eigenvalue weighted by atomic mass is 10.2. The summed E-state index contributed by atoms with van der Waals surface area (Å²) < 4.78 is 1.76. The van der Waals surface area contributed by atoms with E-state index in [4.69, 9.17) is 5.11 Å². The Labute approximate surface area is 88.3 Å². The fourth-order valence-corrected chi connectivity index (χ4v) is 1.92. The standard InChI is InChI=1S/C11H14N2O2/c1-8-12-6-10(11(14)15)13(8)7-9-4-2-3-5-9/h4,6H,2-3,5,7H2,1H3,(H,14,15). The van der Waals surface area contributed by atoms with Crippen molar-refractivity contribution in [1.82, 2.24) is 9.55 Å². The third-order valence-electron chi connectivity index (χ3n) is 2.77. The predicted octanol–water partition coefficient (Wildman–Crippen LogP) is 2.00. The fraction of sp³-hybridized carbons (Fsp3) is 0.455. The molecule has 1 aliphatic rings. The summed E-state index contributed by atoms with van der Waals surface area (Å²) in [5.74, 6) is -0.144. The van der Waals surface area contributed by atoms with Crippen LogP contribution in [0, 0.1) is 6.92 Å². The van der Waals surface area contributed by atoms with E-state index in [1.807, 2.05) is 6.92 Å². The van der Waals surface area contributed by atoms with E-state index in [1.165, 1.54) is 18.2 Å². The van der Waals surface area contributed by atoms with Gasteiger partial charge in [-0.1, -0.05) is 11.6 Å². The number of aromatic nitrogens is 2. The molecule has 1 aliphatic carbocycles. The predicted molar refractivity (Wildman–Crippen MR) is 55.9 cm³/mol. The van der Waals surface area contributed by atoms with Crippen molar-refractivity contribution in [3.05, 3.63) is 29.4 Å². The molecule has 0 amide bonds. The topological polar surface area (TPSA) is 55.1 Å². The third kappa shape index (κ3) is 1.93. The molecule has 0 spiro atoms. The Bertz CT molecular complexity index is 418. The molecular formula is C11H14N2O2. The number of nitrogens with zero attached hydrogens (tertiary/aromatic N) is 2. The minimum absolute atomic E-state index is 0.278. The molecular weight excluding hydrogens is 192 g/mol. The van der Waals surface area contributed by atoms with E-state index in [-0.39, 0.29) is 5.69 Å². The number of carboxylic acid groups (broad SMARTS) is 1. The van der Waals surface area contributed by atoms with Gasteiger partial charge >= 0.3 is 5.97 Å². The van der Waals surface area contributed by atoms with Crippen LogP contribution in [0.1, 0.15) is 35.6 Å². The van der Waals surface area contributed by atoms with Crippen LogP contribution in [0.15, 0.2) is 17.8 Å². The number of imidazole rings is 1. The number of hydrogen-bond acceptors (Lipinski definition) is 2. The molecule has 0 fully saturated rings. The first-order valence-corrected chi connectivity index (χ1v) is 5.12. The molecule has 0 aliphatic heterocycles. The summed E-state index contributed by atoms with van der Waals surface area (Å²) in [6.45, 7) is 2.51. The highest BCUT2D eigenvalue weighted by molar-refractivity contribution is 5.85. The van der Waals surface area contributed by atoms with Gasteiger partial charge in [0, 0.05) is 6.54 Å². The van der Waals surface area contributed by atoms with Gasteiger partial charge in [0.15, 0.2) is 0 Å². The van der Waals surface area contributed by atoms with Crippen LogP contribution >= 0.6 is 0 Å². The number of aryl methyl sites for hydroxylation is 1. The van der Waals surface area contributed by atoms with E-state index >= 15 is 0 Å². The number of rotatable bonds is 3. The van der Waals surface area contributed by atoms with Gasteiger partial charge in [-0.25, -0.2) is 9.78 Å². The van der Waals surface area contributed by atoms with Crippen LogP contribution in [-0.2, 0) is 6.54 Å². The maximum atomic E-state index is 10.9. The second-order valence-corrected chi connectivity index (χ2v) is 3.84. The van der Waals surface area contributed by atoms with Crippen LogP contribution < -0.4 is 0 Å². The van der Waals surface area contributed by atoms with Crippen molar-refractivity contribution in [3.63, 3.8) is 0 Å². The van der Waals surface area contributed by atoms with Crippen LogP contribution in [0.25, 0.3) is 0 Å². The average Bonchev–Trinajstić information content (AvgIpc) is 2.78. The number of carbonyl (C=O) groups is 1. The van der Waals surface area contributed by atoms with Gasteiger partial charge in [0.1, 0.15) is 11.5 Å². The number of aromatic carboxylic acids is 1. The largest absolute Gasteiger partial charge is 0.477 e. The Morgan fingerprint density at radius 3 is 3.07 bits per heavy atom. The molecule has 1 aromatic rings. The zero-order valence-electron chi connectivity index (χ0n) is 8.73. The molecule has 0 saturated heterocycles. The Hall–Kier alpha value is -1.58. The van der Waals surface area contributed by atoms with Crippen molar-refractivity contribution in [2.24, 2.45) is 0 Å². The number of allylic oxidation sites excluding steroid dienone is 2. The SMILES string of the molecule is Cc1ncc(C(=O)O)n1CC1=CCCC1. The van der Waals surface area contributed by atoms with E-state index in [9.17, 15) is 4.79 Å². The summed E-state index contributed by atoms with van der Waals surface area (Å²) in [5.41, 5.74) is 1.60. The molecule has 15 heavy (non-hydrogen) atoms. The molecule has 0 bridgehead atoms. The Morgan fingerprint density at radius 2 is 2.47 bits per heavy atom. The highest BCUT2D eigenvalue weighted by Crippen LogP contribution is 2.20. The van der Waals surface area contributed by atoms with Gasteiger partial charge in [-0.3, -0.25) is 0 Å². The molecule has 0 radical (unpaired) electrons. The molecule has 1 aromatic heterocycles. The Kier molecular flexibility index (Phi) is 2.58. The van der Waals surface area contributed by atoms with Gasteiger partial charge in [-0.05, 0) is 26.2 Å². The van der Waals surface area contributed by atoms with Gasteiger partial charge in [0.2, 0.25) is 0 Å². The number of hydrogen-bond donors (Lipinski definition) is 1. The van der Waals surface area contributed by atoms with E-state index in [0.29, 0.717) is 6.54 Å². The van der Waals surface area contributed by atoms with Gasteiger partial charge in [-0.2, -0.15) is 0 Å². The van der Waals surface area contributed by atoms with Gasteiger partial charge in [0.05, 0.1) is 6.20 Å². The second kappa shape index (κ2) is 3.88. The number of carboxylic acids is 1. The smallest absolute Gasteiger partial charge is 0.354 e. The molecule has 1 N–H and O–H groups in total. The zero-order valence-corrected chi connectivity index (χ0v) is 8.73. The van der Waals surface area contributed by atoms with E-state index in [0.717, 1.165) is 18.7 Å². The zero-order chi connectivity index (χ0) is 10.8. The fourth-order valence-electron chi connectivity index (χ4n) is 1.92. The van der Waals surface area contributed by atoms with Crippen molar-refractivity contribution in [2.75, 3.05) is 0 Å². The molecule has 0 atom stereocenters. The Morgan fingerprint density at radius 1 is 1.67 bits per heavy atom. The molecule has 4 nitrogen and oxygen atoms in total. The van der Waals surface area contributed by atoms with Gasteiger partial charge in [-0.15, -0.1) is 0 Å². The minimum Gasteiger partial charge on any atom is -0.477 e. The van der Waals surface area contributed by atoms with Crippen molar-refractivity contribution in [2.45, 2.75) is 32.7 Å². The summed E-state index contributed by atoms with van der Waals surface area (Å²) in [6.07, 6.45) is 7.01. The molecule has 80 valence electrons. The summed E-state index contributed by atoms with van der Waals surface area (Å²) >= 11 is 0. The molecule has 0 aromatic carbocycles. The van der Waals surface area contributed by atoms with Crippen molar-refractivity contribution >= 4 is 5.97 Å². The third-order valence-corrected chi connectivity index (χ3v) is 2.77. The Balaban J connectivity index is 2.26. The lowest BCUT2D eigenvalue weighted by Crippen LogP contribution is -2.11. The van der Waals surface area contributed by atoms with E-state index < -0.39 is 5.97 Å². The summed E-state index contributed by atoms with van der Waals surface area (Å²) in [6, 6.07) is 0. The molecule has 0 saturated carbocycles. The van der Waals surface area contributed by atoms with Crippen LogP contribution in [0.4, 0.5) is 0 Å². The first-order chi connectivity index (χ1) is 7.18. The maximum absolute atomic E-state index is 10.9. The van der Waals surface area contributed by atoms with Crippen molar-refractivity contribution < 1.29 is 9.90 Å². The van der Waals surface area contributed by atoms with Crippen molar-refractivity contribution in [1.29, 1.82) is 0 Å². The highest BCUT2D eigenvalue weighted by Gasteiger charge is 2.15. The van der Waals surface area contributed by atoms with Crippen LogP contribution in [0.2, 0.25) is 0 Å². The van der Waals surface area contributed by atoms with Crippen LogP contribution in [0.3, 0.4) is 0 Å². The van der Waals surface area contributed by atoms with Gasteiger partial charge in [0.25, 0.3) is 0 Å². The average molecular weight is 206 g/mol. The molecule has 1 heterocycles. The molecule has 4 heteroatoms. The molecule has 2 rings (SSSR count). The monoisotopic (exact) mass is 206 g/mol. The lowest BCUT2D eigenvalue weighted by molar-refractivity contribution is 0.0685. The molecule has 0 unspecified atom stereocenters. The maximum Gasteiger partial charge on any atom is 0.354 e. The first kappa shape index (κ1) is 9.96. The summed E-state index contributed by atoms with van der Waals surface area (Å²) in [7, 11) is 0. The van der Waals surface area contributed by atoms with E-state index in [1.54, 1.807) is 4.57 Å². The van der Waals surface area contributed by atoms with Gasteiger partial charge < -0.3 is 9.67 Å². The highest BCUT2D eigenvalue weighted by atomic mass is 16.4. The quantitative estimate of drug-likeness (QED) is 0.769. The van der Waals surface area contributed by atoms with Crippen LogP contribution in [0.5, 0.6) is 0 Å².